The van der Waals surface area contributed by atoms with Crippen LogP contribution in [0.5, 0.6) is 0 Å². The number of rotatable bonds is 6. The third-order valence-electron chi connectivity index (χ3n) is 3.77. The van der Waals surface area contributed by atoms with Crippen LogP contribution in [0.4, 0.5) is 5.82 Å². The first-order valence-corrected chi connectivity index (χ1v) is 7.98. The lowest BCUT2D eigenvalue weighted by Crippen LogP contribution is -2.25. The summed E-state index contributed by atoms with van der Waals surface area (Å²) in [7, 11) is 0. The van der Waals surface area contributed by atoms with E-state index in [1.165, 1.54) is 6.33 Å². The first-order chi connectivity index (χ1) is 11.7. The second-order valence-electron chi connectivity index (χ2n) is 5.68. The number of amides is 1. The van der Waals surface area contributed by atoms with Gasteiger partial charge < -0.3 is 10.6 Å². The van der Waals surface area contributed by atoms with Gasteiger partial charge in [0.2, 0.25) is 5.91 Å². The van der Waals surface area contributed by atoms with E-state index in [9.17, 15) is 4.79 Å². The van der Waals surface area contributed by atoms with Crippen LogP contribution in [-0.4, -0.2) is 22.4 Å². The Morgan fingerprint density at radius 2 is 1.92 bits per heavy atom. The molecular weight excluding hydrogens is 300 g/mol. The standard InChI is InChI=1S/C19H20N4O/c1-14-7-8-17-16(11-14)19(23-13-22-17)20-10-9-18(24)21-12-15-5-3-2-4-6-15/h2-8,11,13H,9-10,12H2,1H3,(H,21,24)(H,20,22,23). The number of aryl methyl sites for hydroxylation is 1. The fourth-order valence-electron chi connectivity index (χ4n) is 2.49. The van der Waals surface area contributed by atoms with Gasteiger partial charge in [0.05, 0.1) is 5.52 Å². The molecule has 0 saturated carbocycles. The van der Waals surface area contributed by atoms with Gasteiger partial charge in [0.25, 0.3) is 0 Å². The van der Waals surface area contributed by atoms with Crippen LogP contribution in [0, 0.1) is 6.92 Å². The van der Waals surface area contributed by atoms with E-state index in [-0.39, 0.29) is 5.91 Å². The lowest BCUT2D eigenvalue weighted by atomic mass is 10.1. The molecule has 0 aliphatic rings. The molecule has 0 atom stereocenters. The highest BCUT2D eigenvalue weighted by atomic mass is 16.1. The van der Waals surface area contributed by atoms with Crippen molar-refractivity contribution in [2.75, 3.05) is 11.9 Å². The van der Waals surface area contributed by atoms with Gasteiger partial charge in [0, 0.05) is 24.9 Å². The van der Waals surface area contributed by atoms with Crippen molar-refractivity contribution >= 4 is 22.6 Å². The van der Waals surface area contributed by atoms with Gasteiger partial charge in [-0.2, -0.15) is 0 Å². The molecule has 0 unspecified atom stereocenters. The Morgan fingerprint density at radius 1 is 1.08 bits per heavy atom. The van der Waals surface area contributed by atoms with Gasteiger partial charge >= 0.3 is 0 Å². The fourth-order valence-corrected chi connectivity index (χ4v) is 2.49. The monoisotopic (exact) mass is 320 g/mol. The Morgan fingerprint density at radius 3 is 2.75 bits per heavy atom. The molecule has 1 heterocycles. The molecule has 0 bridgehead atoms. The molecule has 5 nitrogen and oxygen atoms in total. The number of carbonyl (C=O) groups is 1. The zero-order valence-electron chi connectivity index (χ0n) is 13.6. The number of aromatic nitrogens is 2. The highest BCUT2D eigenvalue weighted by Crippen LogP contribution is 2.20. The van der Waals surface area contributed by atoms with E-state index < -0.39 is 0 Å². The van der Waals surface area contributed by atoms with Crippen LogP contribution in [0.2, 0.25) is 0 Å². The number of nitrogens with one attached hydrogen (secondary N) is 2. The van der Waals surface area contributed by atoms with E-state index in [0.29, 0.717) is 19.5 Å². The zero-order valence-corrected chi connectivity index (χ0v) is 13.6. The van der Waals surface area contributed by atoms with Gasteiger partial charge in [-0.25, -0.2) is 9.97 Å². The Kier molecular flexibility index (Phi) is 5.01. The maximum absolute atomic E-state index is 11.9. The quantitative estimate of drug-likeness (QED) is 0.732. The van der Waals surface area contributed by atoms with E-state index in [4.69, 9.17) is 0 Å². The first kappa shape index (κ1) is 15.9. The highest BCUT2D eigenvalue weighted by Gasteiger charge is 2.05. The molecule has 0 radical (unpaired) electrons. The summed E-state index contributed by atoms with van der Waals surface area (Å²) < 4.78 is 0. The van der Waals surface area contributed by atoms with Crippen molar-refractivity contribution in [3.05, 3.63) is 66.0 Å². The number of hydrogen-bond donors (Lipinski definition) is 2. The molecule has 1 aromatic heterocycles. The summed E-state index contributed by atoms with van der Waals surface area (Å²) in [6, 6.07) is 15.9. The van der Waals surface area contributed by atoms with Crippen LogP contribution < -0.4 is 10.6 Å². The van der Waals surface area contributed by atoms with Crippen molar-refractivity contribution < 1.29 is 4.79 Å². The SMILES string of the molecule is Cc1ccc2ncnc(NCCC(=O)NCc3ccccc3)c2c1. The molecule has 3 aromatic rings. The molecule has 0 saturated heterocycles. The average Bonchev–Trinajstić information content (AvgIpc) is 2.61. The van der Waals surface area contributed by atoms with Gasteiger partial charge in [-0.1, -0.05) is 42.0 Å². The Hall–Kier alpha value is -2.95. The van der Waals surface area contributed by atoms with E-state index in [0.717, 1.165) is 27.8 Å². The number of carbonyl (C=O) groups excluding carboxylic acids is 1. The normalized spacial score (nSPS) is 10.5. The number of fused-ring (bicyclic) bond motifs is 1. The summed E-state index contributed by atoms with van der Waals surface area (Å²) in [6.07, 6.45) is 1.93. The zero-order chi connectivity index (χ0) is 16.8. The topological polar surface area (TPSA) is 66.9 Å². The van der Waals surface area contributed by atoms with Crippen molar-refractivity contribution in [2.45, 2.75) is 19.9 Å². The van der Waals surface area contributed by atoms with Crippen molar-refractivity contribution in [1.29, 1.82) is 0 Å². The van der Waals surface area contributed by atoms with Crippen molar-refractivity contribution in [3.63, 3.8) is 0 Å². The molecule has 24 heavy (non-hydrogen) atoms. The largest absolute Gasteiger partial charge is 0.369 e. The van der Waals surface area contributed by atoms with E-state index in [1.54, 1.807) is 0 Å². The van der Waals surface area contributed by atoms with Crippen molar-refractivity contribution in [2.24, 2.45) is 0 Å². The molecule has 5 heteroatoms. The molecule has 2 aromatic carbocycles. The number of hydrogen-bond acceptors (Lipinski definition) is 4. The summed E-state index contributed by atoms with van der Waals surface area (Å²) in [5, 5.41) is 7.13. The lowest BCUT2D eigenvalue weighted by Gasteiger charge is -2.09. The number of benzene rings is 2. The van der Waals surface area contributed by atoms with E-state index in [1.807, 2.05) is 55.5 Å². The third kappa shape index (κ3) is 4.07. The minimum absolute atomic E-state index is 0.0147. The molecule has 122 valence electrons. The number of anilines is 1. The van der Waals surface area contributed by atoms with Crippen molar-refractivity contribution in [1.82, 2.24) is 15.3 Å². The van der Waals surface area contributed by atoms with E-state index in [2.05, 4.69) is 20.6 Å². The average molecular weight is 320 g/mol. The lowest BCUT2D eigenvalue weighted by molar-refractivity contribution is -0.121. The van der Waals surface area contributed by atoms with Crippen LogP contribution in [-0.2, 0) is 11.3 Å². The van der Waals surface area contributed by atoms with E-state index >= 15 is 0 Å². The van der Waals surface area contributed by atoms with Crippen LogP contribution in [0.3, 0.4) is 0 Å². The summed E-state index contributed by atoms with van der Waals surface area (Å²) >= 11 is 0. The second kappa shape index (κ2) is 7.55. The van der Waals surface area contributed by atoms with Gasteiger partial charge in [-0.3, -0.25) is 4.79 Å². The molecule has 2 N–H and O–H groups in total. The predicted octanol–water partition coefficient (Wildman–Crippen LogP) is 3.06. The van der Waals surface area contributed by atoms with Crippen LogP contribution in [0.1, 0.15) is 17.5 Å². The molecule has 0 aliphatic carbocycles. The molecular formula is C19H20N4O. The Labute approximate surface area is 141 Å². The molecule has 3 rings (SSSR count). The minimum Gasteiger partial charge on any atom is -0.369 e. The summed E-state index contributed by atoms with van der Waals surface area (Å²) in [5.41, 5.74) is 3.14. The minimum atomic E-state index is 0.0147. The predicted molar refractivity (Wildman–Crippen MR) is 95.7 cm³/mol. The van der Waals surface area contributed by atoms with Gasteiger partial charge in [-0.05, 0) is 24.6 Å². The summed E-state index contributed by atoms with van der Waals surface area (Å²) in [6.45, 7) is 3.11. The Bertz CT molecular complexity index is 833. The summed E-state index contributed by atoms with van der Waals surface area (Å²) in [5.74, 6) is 0.778. The van der Waals surface area contributed by atoms with Crippen LogP contribution in [0.15, 0.2) is 54.9 Å². The van der Waals surface area contributed by atoms with Crippen LogP contribution >= 0.6 is 0 Å². The maximum Gasteiger partial charge on any atom is 0.222 e. The Balaban J connectivity index is 1.53. The number of nitrogens with zero attached hydrogens (tertiary/aromatic N) is 2. The maximum atomic E-state index is 11.9. The van der Waals surface area contributed by atoms with Gasteiger partial charge in [0.15, 0.2) is 0 Å². The fraction of sp³-hybridized carbons (Fsp3) is 0.211. The van der Waals surface area contributed by atoms with Gasteiger partial charge in [-0.15, -0.1) is 0 Å². The van der Waals surface area contributed by atoms with Crippen molar-refractivity contribution in [3.8, 4) is 0 Å². The molecule has 1 amide bonds. The van der Waals surface area contributed by atoms with Gasteiger partial charge in [0.1, 0.15) is 12.1 Å². The van der Waals surface area contributed by atoms with Crippen LogP contribution in [0.25, 0.3) is 10.9 Å². The highest BCUT2D eigenvalue weighted by molar-refractivity contribution is 5.89. The summed E-state index contributed by atoms with van der Waals surface area (Å²) in [4.78, 5) is 20.5. The second-order valence-corrected chi connectivity index (χ2v) is 5.68. The first-order valence-electron chi connectivity index (χ1n) is 7.98. The molecule has 0 aliphatic heterocycles. The smallest absolute Gasteiger partial charge is 0.222 e. The molecule has 0 spiro atoms. The molecule has 0 fully saturated rings. The third-order valence-corrected chi connectivity index (χ3v) is 3.77.